The summed E-state index contributed by atoms with van der Waals surface area (Å²) < 4.78 is 49.6. The van der Waals surface area contributed by atoms with Gasteiger partial charge in [0.05, 0.1) is 12.4 Å². The number of hydrogen-bond acceptors (Lipinski definition) is 1. The highest BCUT2D eigenvalue weighted by atomic mass is 19.2. The van der Waals surface area contributed by atoms with Crippen molar-refractivity contribution in [3.8, 4) is 16.9 Å². The van der Waals surface area contributed by atoms with Crippen LogP contribution in [0.1, 0.15) is 76.7 Å². The van der Waals surface area contributed by atoms with Crippen LogP contribution in [0.25, 0.3) is 11.1 Å². The van der Waals surface area contributed by atoms with Gasteiger partial charge in [-0.15, -0.1) is 0 Å². The zero-order valence-electron chi connectivity index (χ0n) is 19.8. The topological polar surface area (TPSA) is 9.23 Å². The van der Waals surface area contributed by atoms with Crippen LogP contribution in [0.4, 0.5) is 13.2 Å². The zero-order chi connectivity index (χ0) is 23.4. The second kappa shape index (κ2) is 10.8. The first-order valence-electron chi connectivity index (χ1n) is 12.5. The summed E-state index contributed by atoms with van der Waals surface area (Å²) in [6, 6.07) is 10.5. The van der Waals surface area contributed by atoms with E-state index in [2.05, 4.69) is 6.92 Å². The largest absolute Gasteiger partial charge is 0.493 e. The molecule has 0 aromatic heterocycles. The Bertz CT molecular complexity index is 958. The molecule has 0 aliphatic heterocycles. The molecular weight excluding hydrogens is 421 g/mol. The Kier molecular flexibility index (Phi) is 7.82. The summed E-state index contributed by atoms with van der Waals surface area (Å²) in [4.78, 5) is 0. The Labute approximate surface area is 196 Å². The van der Waals surface area contributed by atoms with Crippen LogP contribution in [-0.2, 0) is 0 Å². The summed E-state index contributed by atoms with van der Waals surface area (Å²) in [7, 11) is 0. The summed E-state index contributed by atoms with van der Waals surface area (Å²) in [5, 5.41) is 0. The van der Waals surface area contributed by atoms with E-state index in [1.807, 2.05) is 6.92 Å². The average molecular weight is 457 g/mol. The van der Waals surface area contributed by atoms with Gasteiger partial charge in [0.15, 0.2) is 11.6 Å². The van der Waals surface area contributed by atoms with E-state index in [0.717, 1.165) is 44.4 Å². The minimum Gasteiger partial charge on any atom is -0.493 e. The Hall–Kier alpha value is -2.23. The monoisotopic (exact) mass is 456 g/mol. The Morgan fingerprint density at radius 1 is 0.848 bits per heavy atom. The second-order valence-electron chi connectivity index (χ2n) is 9.96. The molecule has 2 atom stereocenters. The first-order valence-corrected chi connectivity index (χ1v) is 12.5. The second-order valence-corrected chi connectivity index (χ2v) is 9.96. The van der Waals surface area contributed by atoms with Gasteiger partial charge in [-0.25, -0.2) is 13.2 Å². The standard InChI is InChI=1S/C29H35F3O/c1-3-4-20-7-9-22(10-8-20)25-15-16-26(29(32)28(25)31)23-11-13-24(14-12-23)33-18-21-6-5-19(2)27(30)17-21/h11-17,19-22H,3-10,18H2,1-2H3. The van der Waals surface area contributed by atoms with E-state index in [4.69, 9.17) is 4.74 Å². The fourth-order valence-corrected chi connectivity index (χ4v) is 5.41. The number of ether oxygens (including phenoxy) is 1. The molecule has 1 nitrogen and oxygen atoms in total. The molecule has 2 unspecified atom stereocenters. The molecule has 1 fully saturated rings. The van der Waals surface area contributed by atoms with Gasteiger partial charge in [0.1, 0.15) is 5.75 Å². The van der Waals surface area contributed by atoms with Crippen LogP contribution in [0.5, 0.6) is 5.75 Å². The van der Waals surface area contributed by atoms with Crippen molar-refractivity contribution in [1.82, 2.24) is 0 Å². The minimum absolute atomic E-state index is 0.00157. The average Bonchev–Trinajstić information content (AvgIpc) is 2.83. The van der Waals surface area contributed by atoms with Gasteiger partial charge in [-0.3, -0.25) is 0 Å². The summed E-state index contributed by atoms with van der Waals surface area (Å²) in [5.74, 6) is 0.0267. The predicted octanol–water partition coefficient (Wildman–Crippen LogP) is 8.98. The van der Waals surface area contributed by atoms with Crippen molar-refractivity contribution in [3.05, 3.63) is 65.5 Å². The molecule has 33 heavy (non-hydrogen) atoms. The Morgan fingerprint density at radius 3 is 2.24 bits per heavy atom. The molecule has 0 amide bonds. The van der Waals surface area contributed by atoms with E-state index >= 15 is 8.78 Å². The molecule has 1 saturated carbocycles. The van der Waals surface area contributed by atoms with Gasteiger partial charge in [-0.05, 0) is 79.7 Å². The van der Waals surface area contributed by atoms with E-state index in [0.29, 0.717) is 23.5 Å². The van der Waals surface area contributed by atoms with Gasteiger partial charge in [-0.2, -0.15) is 0 Å². The van der Waals surface area contributed by atoms with Crippen molar-refractivity contribution in [2.24, 2.45) is 17.8 Å². The molecule has 4 heteroatoms. The van der Waals surface area contributed by atoms with Crippen LogP contribution in [0.15, 0.2) is 48.3 Å². The maximum atomic E-state index is 15.0. The highest BCUT2D eigenvalue weighted by Gasteiger charge is 2.26. The Morgan fingerprint density at radius 2 is 1.58 bits per heavy atom. The highest BCUT2D eigenvalue weighted by Crippen LogP contribution is 2.40. The molecule has 2 aromatic rings. The molecule has 2 aromatic carbocycles. The van der Waals surface area contributed by atoms with Gasteiger partial charge in [-0.1, -0.05) is 51.0 Å². The first kappa shape index (κ1) is 23.9. The van der Waals surface area contributed by atoms with Crippen LogP contribution in [-0.4, -0.2) is 6.61 Å². The number of rotatable bonds is 7. The fraction of sp³-hybridized carbons (Fsp3) is 0.517. The lowest BCUT2D eigenvalue weighted by atomic mass is 9.77. The van der Waals surface area contributed by atoms with Crippen LogP contribution in [0, 0.1) is 29.4 Å². The molecule has 0 saturated heterocycles. The summed E-state index contributed by atoms with van der Waals surface area (Å²) in [5.41, 5.74) is 1.41. The smallest absolute Gasteiger partial charge is 0.166 e. The summed E-state index contributed by atoms with van der Waals surface area (Å²) in [6.07, 6.45) is 9.90. The summed E-state index contributed by atoms with van der Waals surface area (Å²) >= 11 is 0. The highest BCUT2D eigenvalue weighted by molar-refractivity contribution is 5.65. The van der Waals surface area contributed by atoms with Crippen LogP contribution >= 0.6 is 0 Å². The van der Waals surface area contributed by atoms with Crippen molar-refractivity contribution in [2.75, 3.05) is 6.61 Å². The van der Waals surface area contributed by atoms with E-state index in [-0.39, 0.29) is 29.1 Å². The lowest BCUT2D eigenvalue weighted by Gasteiger charge is -2.29. The number of hydrogen-bond donors (Lipinski definition) is 0. The molecule has 2 aliphatic rings. The SMILES string of the molecule is CCCC1CCC(c2ccc(-c3ccc(OCC4C=C(F)C(C)CC4)cc3)c(F)c2F)CC1. The predicted molar refractivity (Wildman–Crippen MR) is 128 cm³/mol. The summed E-state index contributed by atoms with van der Waals surface area (Å²) in [6.45, 7) is 4.51. The molecule has 0 bridgehead atoms. The third kappa shape index (κ3) is 5.65. The van der Waals surface area contributed by atoms with E-state index in [1.54, 1.807) is 42.5 Å². The van der Waals surface area contributed by atoms with Crippen LogP contribution < -0.4 is 4.74 Å². The van der Waals surface area contributed by atoms with E-state index < -0.39 is 11.6 Å². The third-order valence-electron chi connectivity index (χ3n) is 7.56. The van der Waals surface area contributed by atoms with Crippen LogP contribution in [0.3, 0.4) is 0 Å². The van der Waals surface area contributed by atoms with Crippen molar-refractivity contribution in [1.29, 1.82) is 0 Å². The third-order valence-corrected chi connectivity index (χ3v) is 7.56. The minimum atomic E-state index is -0.770. The van der Waals surface area contributed by atoms with Gasteiger partial charge in [0, 0.05) is 17.4 Å². The van der Waals surface area contributed by atoms with E-state index in [1.165, 1.54) is 12.8 Å². The van der Waals surface area contributed by atoms with Gasteiger partial charge in [0.2, 0.25) is 0 Å². The molecular formula is C29H35F3O. The van der Waals surface area contributed by atoms with E-state index in [9.17, 15) is 4.39 Å². The molecule has 0 heterocycles. The molecule has 2 aliphatic carbocycles. The van der Waals surface area contributed by atoms with Gasteiger partial charge < -0.3 is 4.74 Å². The quantitative estimate of drug-likeness (QED) is 0.404. The number of halogens is 3. The lowest BCUT2D eigenvalue weighted by molar-refractivity contribution is 0.246. The molecule has 0 N–H and O–H groups in total. The van der Waals surface area contributed by atoms with Crippen molar-refractivity contribution in [2.45, 2.75) is 71.1 Å². The molecule has 0 spiro atoms. The van der Waals surface area contributed by atoms with Gasteiger partial charge in [0.25, 0.3) is 0 Å². The van der Waals surface area contributed by atoms with Crippen molar-refractivity contribution in [3.63, 3.8) is 0 Å². The number of allylic oxidation sites excluding steroid dienone is 1. The van der Waals surface area contributed by atoms with Crippen molar-refractivity contribution >= 4 is 0 Å². The lowest BCUT2D eigenvalue weighted by Crippen LogP contribution is -2.16. The molecule has 0 radical (unpaired) electrons. The van der Waals surface area contributed by atoms with Crippen molar-refractivity contribution < 1.29 is 17.9 Å². The Balaban J connectivity index is 1.40. The normalized spacial score (nSPS) is 25.5. The number of benzene rings is 2. The first-order chi connectivity index (χ1) is 16.0. The molecule has 178 valence electrons. The molecule has 4 rings (SSSR count). The maximum absolute atomic E-state index is 15.0. The fourth-order valence-electron chi connectivity index (χ4n) is 5.41. The van der Waals surface area contributed by atoms with Gasteiger partial charge >= 0.3 is 0 Å². The van der Waals surface area contributed by atoms with Crippen LogP contribution in [0.2, 0.25) is 0 Å². The maximum Gasteiger partial charge on any atom is 0.166 e. The zero-order valence-corrected chi connectivity index (χ0v) is 19.8.